The average Bonchev–Trinajstić information content (AvgIpc) is 2.46. The van der Waals surface area contributed by atoms with Crippen LogP contribution in [0.2, 0.25) is 0 Å². The quantitative estimate of drug-likeness (QED) is 0.835. The molecular weight excluding hydrogens is 254 g/mol. The van der Waals surface area contributed by atoms with Crippen LogP contribution >= 0.6 is 0 Å². The maximum Gasteiger partial charge on any atom is 0.267 e. The first-order chi connectivity index (χ1) is 9.58. The van der Waals surface area contributed by atoms with Gasteiger partial charge in [-0.3, -0.25) is 4.79 Å². The number of anilines is 2. The maximum atomic E-state index is 12.1. The topological polar surface area (TPSA) is 44.8 Å². The van der Waals surface area contributed by atoms with E-state index >= 15 is 0 Å². The Hall–Kier alpha value is -1.75. The Kier molecular flexibility index (Phi) is 3.30. The van der Waals surface area contributed by atoms with E-state index in [-0.39, 0.29) is 5.91 Å². The van der Waals surface area contributed by atoms with Gasteiger partial charge in [0.05, 0.1) is 11.4 Å². The first-order valence-corrected chi connectivity index (χ1v) is 7.12. The number of piperazine rings is 1. The summed E-state index contributed by atoms with van der Waals surface area (Å²) in [6, 6.07) is 4.17. The zero-order valence-electron chi connectivity index (χ0n) is 12.3. The molecule has 1 aromatic rings. The number of hydrogen-bond acceptors (Lipinski definition) is 4. The van der Waals surface area contributed by atoms with Crippen molar-refractivity contribution in [1.29, 1.82) is 0 Å². The van der Waals surface area contributed by atoms with E-state index in [9.17, 15) is 4.79 Å². The van der Waals surface area contributed by atoms with E-state index in [1.807, 2.05) is 20.0 Å². The number of aryl methyl sites for hydroxylation is 1. The van der Waals surface area contributed by atoms with E-state index in [4.69, 9.17) is 4.74 Å². The molecule has 0 radical (unpaired) electrons. The van der Waals surface area contributed by atoms with Crippen molar-refractivity contribution in [3.63, 3.8) is 0 Å². The van der Waals surface area contributed by atoms with Crippen LogP contribution < -0.4 is 19.9 Å². The van der Waals surface area contributed by atoms with E-state index in [2.05, 4.69) is 23.2 Å². The summed E-state index contributed by atoms with van der Waals surface area (Å²) in [6.45, 7) is 7.75. The second-order valence-electron chi connectivity index (χ2n) is 5.53. The number of nitrogens with one attached hydrogen (secondary N) is 1. The minimum atomic E-state index is -0.420. The highest BCUT2D eigenvalue weighted by Gasteiger charge is 2.32. The summed E-state index contributed by atoms with van der Waals surface area (Å²) < 4.78 is 5.90. The molecule has 5 heteroatoms. The van der Waals surface area contributed by atoms with Gasteiger partial charge in [0.15, 0.2) is 11.9 Å². The maximum absolute atomic E-state index is 12.1. The Labute approximate surface area is 119 Å². The van der Waals surface area contributed by atoms with E-state index in [1.165, 1.54) is 0 Å². The highest BCUT2D eigenvalue weighted by molar-refractivity contribution is 6.01. The van der Waals surface area contributed by atoms with Gasteiger partial charge in [0.1, 0.15) is 0 Å². The molecule has 1 saturated heterocycles. The predicted molar refractivity (Wildman–Crippen MR) is 79.8 cm³/mol. The highest BCUT2D eigenvalue weighted by atomic mass is 16.5. The van der Waals surface area contributed by atoms with Crippen LogP contribution in [0.25, 0.3) is 0 Å². The molecule has 0 aromatic heterocycles. The summed E-state index contributed by atoms with van der Waals surface area (Å²) in [6.07, 6.45) is -0.420. The van der Waals surface area contributed by atoms with Crippen molar-refractivity contribution < 1.29 is 9.53 Å². The number of ether oxygens (including phenoxy) is 1. The van der Waals surface area contributed by atoms with E-state index in [1.54, 1.807) is 4.90 Å². The van der Waals surface area contributed by atoms with Crippen LogP contribution in [0.5, 0.6) is 5.75 Å². The van der Waals surface area contributed by atoms with Gasteiger partial charge in [0.2, 0.25) is 0 Å². The Morgan fingerprint density at radius 2 is 1.90 bits per heavy atom. The van der Waals surface area contributed by atoms with Gasteiger partial charge < -0.3 is 19.9 Å². The molecule has 20 heavy (non-hydrogen) atoms. The van der Waals surface area contributed by atoms with Gasteiger partial charge in [-0.25, -0.2) is 0 Å². The van der Waals surface area contributed by atoms with Crippen LogP contribution in [0.15, 0.2) is 12.1 Å². The van der Waals surface area contributed by atoms with Gasteiger partial charge in [-0.2, -0.15) is 0 Å². The molecule has 1 amide bonds. The standard InChI is InChI=1S/C15H21N3O2/c1-10-8-12-14(20-11(2)15(19)17(12)3)13(9-10)18-6-4-16-5-7-18/h8-9,11,16H,4-7H2,1-3H3. The SMILES string of the molecule is Cc1cc(N2CCNCC2)c2c(c1)N(C)C(=O)C(C)O2. The Bertz CT molecular complexity index is 538. The van der Waals surface area contributed by atoms with Gasteiger partial charge >= 0.3 is 0 Å². The molecule has 1 fully saturated rings. The van der Waals surface area contributed by atoms with Gasteiger partial charge in [0, 0.05) is 33.2 Å². The van der Waals surface area contributed by atoms with E-state index in [0.29, 0.717) is 0 Å². The molecule has 3 rings (SSSR count). The fraction of sp³-hybridized carbons (Fsp3) is 0.533. The predicted octanol–water partition coefficient (Wildman–Crippen LogP) is 1.15. The number of hydrogen-bond donors (Lipinski definition) is 1. The van der Waals surface area contributed by atoms with E-state index in [0.717, 1.165) is 48.9 Å². The van der Waals surface area contributed by atoms with Crippen molar-refractivity contribution in [3.8, 4) is 5.75 Å². The average molecular weight is 275 g/mol. The molecule has 1 N–H and O–H groups in total. The summed E-state index contributed by atoms with van der Waals surface area (Å²) >= 11 is 0. The number of nitrogens with zero attached hydrogens (tertiary/aromatic N) is 2. The Morgan fingerprint density at radius 3 is 2.60 bits per heavy atom. The van der Waals surface area contributed by atoms with Crippen molar-refractivity contribution in [2.24, 2.45) is 0 Å². The largest absolute Gasteiger partial charge is 0.476 e. The number of likely N-dealkylation sites (N-methyl/N-ethyl adjacent to an activating group) is 1. The third-order valence-corrected chi connectivity index (χ3v) is 3.99. The second kappa shape index (κ2) is 4.98. The third kappa shape index (κ3) is 2.12. The minimum absolute atomic E-state index is 0.00867. The normalized spacial score (nSPS) is 22.6. The molecule has 5 nitrogen and oxygen atoms in total. The lowest BCUT2D eigenvalue weighted by Gasteiger charge is -2.36. The zero-order chi connectivity index (χ0) is 14.3. The van der Waals surface area contributed by atoms with Gasteiger partial charge in [-0.05, 0) is 31.5 Å². The van der Waals surface area contributed by atoms with Crippen LogP contribution in [0.3, 0.4) is 0 Å². The fourth-order valence-electron chi connectivity index (χ4n) is 2.86. The van der Waals surface area contributed by atoms with Gasteiger partial charge in [-0.15, -0.1) is 0 Å². The lowest BCUT2D eigenvalue weighted by atomic mass is 10.1. The number of carbonyl (C=O) groups is 1. The minimum Gasteiger partial charge on any atom is -0.476 e. The molecule has 0 spiro atoms. The molecule has 0 aliphatic carbocycles. The van der Waals surface area contributed by atoms with Gasteiger partial charge in [0.25, 0.3) is 5.91 Å². The first-order valence-electron chi connectivity index (χ1n) is 7.12. The number of amides is 1. The summed E-state index contributed by atoms with van der Waals surface area (Å²) in [5.41, 5.74) is 3.13. The van der Waals surface area contributed by atoms with Crippen molar-refractivity contribution in [2.45, 2.75) is 20.0 Å². The molecular formula is C15H21N3O2. The third-order valence-electron chi connectivity index (χ3n) is 3.99. The van der Waals surface area contributed by atoms with Crippen LogP contribution in [-0.2, 0) is 4.79 Å². The molecule has 2 aliphatic heterocycles. The van der Waals surface area contributed by atoms with Crippen molar-refractivity contribution in [1.82, 2.24) is 5.32 Å². The lowest BCUT2D eigenvalue weighted by Crippen LogP contribution is -2.45. The Balaban J connectivity index is 2.07. The molecule has 2 aliphatic rings. The van der Waals surface area contributed by atoms with Crippen LogP contribution in [-0.4, -0.2) is 45.2 Å². The van der Waals surface area contributed by atoms with Crippen molar-refractivity contribution in [3.05, 3.63) is 17.7 Å². The van der Waals surface area contributed by atoms with Crippen LogP contribution in [0.1, 0.15) is 12.5 Å². The molecule has 0 saturated carbocycles. The first kappa shape index (κ1) is 13.2. The van der Waals surface area contributed by atoms with Crippen molar-refractivity contribution >= 4 is 17.3 Å². The zero-order valence-corrected chi connectivity index (χ0v) is 12.3. The number of fused-ring (bicyclic) bond motifs is 1. The number of carbonyl (C=O) groups excluding carboxylic acids is 1. The monoisotopic (exact) mass is 275 g/mol. The smallest absolute Gasteiger partial charge is 0.267 e. The molecule has 1 unspecified atom stereocenters. The number of rotatable bonds is 1. The fourth-order valence-corrected chi connectivity index (χ4v) is 2.86. The highest BCUT2D eigenvalue weighted by Crippen LogP contribution is 2.42. The molecule has 2 heterocycles. The molecule has 1 aromatic carbocycles. The van der Waals surface area contributed by atoms with Gasteiger partial charge in [-0.1, -0.05) is 0 Å². The summed E-state index contributed by atoms with van der Waals surface area (Å²) in [7, 11) is 1.82. The number of benzene rings is 1. The Morgan fingerprint density at radius 1 is 1.25 bits per heavy atom. The molecule has 108 valence electrons. The summed E-state index contributed by atoms with van der Waals surface area (Å²) in [5, 5.41) is 3.36. The second-order valence-corrected chi connectivity index (χ2v) is 5.53. The summed E-state index contributed by atoms with van der Waals surface area (Å²) in [5.74, 6) is 0.849. The lowest BCUT2D eigenvalue weighted by molar-refractivity contribution is -0.125. The van der Waals surface area contributed by atoms with Crippen LogP contribution in [0.4, 0.5) is 11.4 Å². The molecule has 0 bridgehead atoms. The summed E-state index contributed by atoms with van der Waals surface area (Å²) in [4.78, 5) is 16.1. The van der Waals surface area contributed by atoms with Crippen molar-refractivity contribution in [2.75, 3.05) is 43.0 Å². The van der Waals surface area contributed by atoms with Crippen LogP contribution in [0, 0.1) is 6.92 Å². The van der Waals surface area contributed by atoms with E-state index < -0.39 is 6.10 Å². The molecule has 1 atom stereocenters.